The Morgan fingerprint density at radius 2 is 1.97 bits per heavy atom. The fourth-order valence-electron chi connectivity index (χ4n) is 3.15. The summed E-state index contributed by atoms with van der Waals surface area (Å²) < 4.78 is 30.9. The van der Waals surface area contributed by atoms with Crippen molar-refractivity contribution in [3.05, 3.63) is 53.4 Å². The van der Waals surface area contributed by atoms with Crippen molar-refractivity contribution in [3.63, 3.8) is 0 Å². The van der Waals surface area contributed by atoms with Crippen molar-refractivity contribution in [3.8, 4) is 0 Å². The molecule has 1 aliphatic rings. The minimum atomic E-state index is -1.15. The topological polar surface area (TPSA) is 105 Å². The number of aliphatic carboxylic acids is 1. The van der Waals surface area contributed by atoms with Gasteiger partial charge in [0.2, 0.25) is 0 Å². The van der Waals surface area contributed by atoms with Gasteiger partial charge in [-0.3, -0.25) is 14.4 Å². The van der Waals surface area contributed by atoms with E-state index in [1.54, 1.807) is 13.0 Å². The van der Waals surface area contributed by atoms with Crippen LogP contribution in [0, 0.1) is 24.5 Å². The van der Waals surface area contributed by atoms with Gasteiger partial charge in [0.05, 0.1) is 35.4 Å². The number of hydrogen-bond acceptors (Lipinski definition) is 5. The quantitative estimate of drug-likeness (QED) is 0.426. The number of carboxylic acids is 1. The van der Waals surface area contributed by atoms with E-state index < -0.39 is 30.1 Å². The van der Waals surface area contributed by atoms with Crippen LogP contribution in [0.5, 0.6) is 0 Å². The molecule has 0 saturated heterocycles. The third-order valence-electron chi connectivity index (χ3n) is 4.97. The van der Waals surface area contributed by atoms with Crippen molar-refractivity contribution in [2.24, 2.45) is 5.92 Å². The van der Waals surface area contributed by atoms with E-state index in [0.29, 0.717) is 18.1 Å². The van der Waals surface area contributed by atoms with E-state index >= 15 is 4.39 Å². The summed E-state index contributed by atoms with van der Waals surface area (Å²) in [5.74, 6) is -3.04. The van der Waals surface area contributed by atoms with Gasteiger partial charge >= 0.3 is 5.97 Å². The molecule has 0 radical (unpaired) electrons. The van der Waals surface area contributed by atoms with Gasteiger partial charge in [-0.05, 0) is 49.4 Å². The van der Waals surface area contributed by atoms with Gasteiger partial charge in [-0.25, -0.2) is 19.2 Å². The molecule has 0 bridgehead atoms. The minimum absolute atomic E-state index is 0.0261. The van der Waals surface area contributed by atoms with E-state index in [1.807, 2.05) is 13.8 Å². The summed E-state index contributed by atoms with van der Waals surface area (Å²) in [4.78, 5) is 33.0. The van der Waals surface area contributed by atoms with Crippen LogP contribution in [0.2, 0.25) is 0 Å². The summed E-state index contributed by atoms with van der Waals surface area (Å²) in [6.07, 6.45) is 3.21. The van der Waals surface area contributed by atoms with Gasteiger partial charge in [-0.2, -0.15) is 0 Å². The van der Waals surface area contributed by atoms with Crippen LogP contribution in [-0.2, 0) is 16.2 Å². The Balaban J connectivity index is 0.00000149. The molecule has 3 aromatic rings. The molecule has 1 amide bonds. The average molecular weight is 460 g/mol. The second-order valence-corrected chi connectivity index (χ2v) is 7.54. The Hall–Kier alpha value is -3.53. The molecular weight excluding hydrogens is 434 g/mol. The monoisotopic (exact) mass is 460 g/mol. The molecule has 0 aliphatic heterocycles. The maximum Gasteiger partial charge on any atom is 0.323 e. The summed E-state index contributed by atoms with van der Waals surface area (Å²) in [7, 11) is 0. The summed E-state index contributed by atoms with van der Waals surface area (Å²) >= 11 is 0. The van der Waals surface area contributed by atoms with Crippen molar-refractivity contribution < 1.29 is 28.3 Å². The van der Waals surface area contributed by atoms with Crippen molar-refractivity contribution in [1.29, 1.82) is 0 Å². The first-order chi connectivity index (χ1) is 15.8. The van der Waals surface area contributed by atoms with E-state index in [2.05, 4.69) is 15.8 Å². The number of hydrogen-bond donors (Lipinski definition) is 3. The molecule has 1 fully saturated rings. The summed E-state index contributed by atoms with van der Waals surface area (Å²) in [5.41, 5.74) is 2.44. The maximum absolute atomic E-state index is 15.4. The number of carboxylic acid groups (broad SMARTS) is 1. The van der Waals surface area contributed by atoms with Gasteiger partial charge in [0, 0.05) is 0 Å². The van der Waals surface area contributed by atoms with E-state index in [4.69, 9.17) is 9.94 Å². The number of nitrogens with zero attached hydrogens (tertiary/aromatic N) is 2. The predicted molar refractivity (Wildman–Crippen MR) is 119 cm³/mol. The highest BCUT2D eigenvalue weighted by molar-refractivity contribution is 6.04. The molecule has 10 heteroatoms. The Labute approximate surface area is 189 Å². The first-order valence-electron chi connectivity index (χ1n) is 10.7. The molecule has 176 valence electrons. The first-order valence-corrected chi connectivity index (χ1v) is 10.7. The number of anilines is 2. The lowest BCUT2D eigenvalue weighted by molar-refractivity contribution is -0.137. The number of carbonyl (C=O) groups excluding carboxylic acids is 1. The smallest absolute Gasteiger partial charge is 0.323 e. The standard InChI is InChI=1S/C21H20F2N4O4.C2H6/c1-11-2-5-15(14(22)6-11)25-19-13(21(30)26-31-9-12-3-4-12)7-16-20(18(19)23)24-10-27(16)8-17(28)29;1-2/h2,5-7,10,12,25H,3-4,8-9H2,1H3,(H,26,30)(H,28,29);1-2H3. The number of amides is 1. The summed E-state index contributed by atoms with van der Waals surface area (Å²) in [5, 5.41) is 11.7. The molecule has 0 spiro atoms. The highest BCUT2D eigenvalue weighted by atomic mass is 19.1. The van der Waals surface area contributed by atoms with Gasteiger partial charge < -0.3 is 15.0 Å². The summed E-state index contributed by atoms with van der Waals surface area (Å²) in [6, 6.07) is 5.65. The van der Waals surface area contributed by atoms with E-state index in [-0.39, 0.29) is 28.0 Å². The molecule has 1 aliphatic carbocycles. The van der Waals surface area contributed by atoms with Crippen LogP contribution in [0.25, 0.3) is 11.0 Å². The fraction of sp³-hybridized carbons (Fsp3) is 0.348. The second-order valence-electron chi connectivity index (χ2n) is 7.54. The molecule has 2 aromatic carbocycles. The highest BCUT2D eigenvalue weighted by Gasteiger charge is 2.25. The lowest BCUT2D eigenvalue weighted by Crippen LogP contribution is -2.26. The zero-order chi connectivity index (χ0) is 24.1. The van der Waals surface area contributed by atoms with E-state index in [9.17, 15) is 14.0 Å². The van der Waals surface area contributed by atoms with Crippen molar-refractivity contribution in [1.82, 2.24) is 15.0 Å². The van der Waals surface area contributed by atoms with Crippen molar-refractivity contribution in [2.45, 2.75) is 40.2 Å². The van der Waals surface area contributed by atoms with Gasteiger partial charge in [-0.15, -0.1) is 0 Å². The molecule has 0 unspecified atom stereocenters. The molecule has 3 N–H and O–H groups in total. The number of hydroxylamine groups is 1. The number of aromatic nitrogens is 2. The predicted octanol–water partition coefficient (Wildman–Crippen LogP) is 4.55. The van der Waals surface area contributed by atoms with Crippen LogP contribution in [0.4, 0.5) is 20.2 Å². The van der Waals surface area contributed by atoms with Gasteiger partial charge in [0.1, 0.15) is 17.9 Å². The van der Waals surface area contributed by atoms with Crippen LogP contribution in [0.3, 0.4) is 0 Å². The van der Waals surface area contributed by atoms with Crippen LogP contribution in [0.15, 0.2) is 30.6 Å². The Bertz CT molecular complexity index is 1170. The minimum Gasteiger partial charge on any atom is -0.480 e. The SMILES string of the molecule is CC.Cc1ccc(Nc2c(C(=O)NOCC3CC3)cc3c(ncn3CC(=O)O)c2F)c(F)c1. The molecule has 1 saturated carbocycles. The average Bonchev–Trinajstić information content (AvgIpc) is 3.52. The number of benzene rings is 2. The van der Waals surface area contributed by atoms with Crippen LogP contribution >= 0.6 is 0 Å². The van der Waals surface area contributed by atoms with E-state index in [1.165, 1.54) is 29.1 Å². The first kappa shape index (κ1) is 24.1. The Kier molecular flexibility index (Phi) is 7.59. The second kappa shape index (κ2) is 10.4. The number of nitrogens with one attached hydrogen (secondary N) is 2. The highest BCUT2D eigenvalue weighted by Crippen LogP contribution is 2.32. The normalized spacial score (nSPS) is 12.8. The number of fused-ring (bicyclic) bond motifs is 1. The van der Waals surface area contributed by atoms with Crippen molar-refractivity contribution in [2.75, 3.05) is 11.9 Å². The number of imidazole rings is 1. The zero-order valence-corrected chi connectivity index (χ0v) is 18.6. The number of halogens is 2. The largest absolute Gasteiger partial charge is 0.480 e. The van der Waals surface area contributed by atoms with Gasteiger partial charge in [-0.1, -0.05) is 19.9 Å². The van der Waals surface area contributed by atoms with Gasteiger partial charge in [0.25, 0.3) is 5.91 Å². The van der Waals surface area contributed by atoms with Crippen LogP contribution < -0.4 is 10.8 Å². The lowest BCUT2D eigenvalue weighted by Gasteiger charge is -2.15. The zero-order valence-electron chi connectivity index (χ0n) is 18.6. The number of rotatable bonds is 8. The molecule has 4 rings (SSSR count). The molecule has 0 atom stereocenters. The third kappa shape index (κ3) is 5.64. The molecule has 33 heavy (non-hydrogen) atoms. The molecule has 1 heterocycles. The maximum atomic E-state index is 15.4. The third-order valence-corrected chi connectivity index (χ3v) is 4.97. The molecule has 1 aromatic heterocycles. The Morgan fingerprint density at radius 1 is 1.24 bits per heavy atom. The molecule has 8 nitrogen and oxygen atoms in total. The van der Waals surface area contributed by atoms with E-state index in [0.717, 1.165) is 12.8 Å². The summed E-state index contributed by atoms with van der Waals surface area (Å²) in [6.45, 7) is 5.59. The molecular formula is C23H26F2N4O4. The number of aryl methyl sites for hydroxylation is 1. The van der Waals surface area contributed by atoms with Crippen LogP contribution in [-0.4, -0.2) is 33.1 Å². The van der Waals surface area contributed by atoms with Crippen molar-refractivity contribution >= 4 is 34.3 Å². The van der Waals surface area contributed by atoms with Crippen LogP contribution in [0.1, 0.15) is 42.6 Å². The lowest BCUT2D eigenvalue weighted by atomic mass is 10.1. The van der Waals surface area contributed by atoms with Gasteiger partial charge in [0.15, 0.2) is 5.82 Å². The number of carbonyl (C=O) groups is 2. The Morgan fingerprint density at radius 3 is 2.61 bits per heavy atom. The fourth-order valence-corrected chi connectivity index (χ4v) is 3.15.